The summed E-state index contributed by atoms with van der Waals surface area (Å²) in [6.07, 6.45) is 0. The van der Waals surface area contributed by atoms with Crippen molar-refractivity contribution in [2.75, 3.05) is 6.61 Å². The standard InChI is InChI=1S/C4H9N3O2/c5-2-3(7-9)4(2,6)1-8/h2-3,8H,1,5-6H2. The molecular weight excluding hydrogens is 122 g/mol. The van der Waals surface area contributed by atoms with E-state index in [1.165, 1.54) is 0 Å². The molecule has 0 saturated heterocycles. The van der Waals surface area contributed by atoms with Crippen molar-refractivity contribution < 1.29 is 5.11 Å². The molecule has 0 spiro atoms. The maximum atomic E-state index is 9.83. The molecule has 0 heterocycles. The summed E-state index contributed by atoms with van der Waals surface area (Å²) in [6.45, 7) is -0.273. The first-order valence-corrected chi connectivity index (χ1v) is 2.64. The number of nitrogens with zero attached hydrogens (tertiary/aromatic N) is 1. The van der Waals surface area contributed by atoms with Crippen LogP contribution in [0.25, 0.3) is 0 Å². The monoisotopic (exact) mass is 131 g/mol. The van der Waals surface area contributed by atoms with Crippen molar-refractivity contribution in [1.29, 1.82) is 0 Å². The molecule has 0 bridgehead atoms. The average molecular weight is 131 g/mol. The van der Waals surface area contributed by atoms with Gasteiger partial charge in [0.15, 0.2) is 0 Å². The predicted molar refractivity (Wildman–Crippen MR) is 31.6 cm³/mol. The van der Waals surface area contributed by atoms with Crippen LogP contribution in [0.5, 0.6) is 0 Å². The molecule has 1 aliphatic rings. The molecule has 0 aromatic carbocycles. The topological polar surface area (TPSA) is 102 Å². The summed E-state index contributed by atoms with van der Waals surface area (Å²) in [5, 5.41) is 11.2. The molecule has 5 N–H and O–H groups in total. The summed E-state index contributed by atoms with van der Waals surface area (Å²) in [5.41, 5.74) is 9.73. The van der Waals surface area contributed by atoms with Crippen LogP contribution in [0.15, 0.2) is 5.18 Å². The van der Waals surface area contributed by atoms with Gasteiger partial charge in [0.25, 0.3) is 0 Å². The molecule has 5 nitrogen and oxygen atoms in total. The molecule has 1 aliphatic carbocycles. The van der Waals surface area contributed by atoms with Gasteiger partial charge in [-0.1, -0.05) is 5.18 Å². The third-order valence-corrected chi connectivity index (χ3v) is 1.79. The van der Waals surface area contributed by atoms with Crippen molar-refractivity contribution in [1.82, 2.24) is 0 Å². The summed E-state index contributed by atoms with van der Waals surface area (Å²) in [7, 11) is 0. The van der Waals surface area contributed by atoms with Crippen LogP contribution in [0.2, 0.25) is 0 Å². The lowest BCUT2D eigenvalue weighted by atomic mass is 10.3. The second-order valence-corrected chi connectivity index (χ2v) is 2.35. The molecule has 52 valence electrons. The van der Waals surface area contributed by atoms with Crippen LogP contribution in [-0.4, -0.2) is 29.3 Å². The highest BCUT2D eigenvalue weighted by atomic mass is 16.3. The predicted octanol–water partition coefficient (Wildman–Crippen LogP) is -1.85. The van der Waals surface area contributed by atoms with Gasteiger partial charge in [-0.15, -0.1) is 0 Å². The van der Waals surface area contributed by atoms with E-state index < -0.39 is 17.6 Å². The molecule has 5 heteroatoms. The Kier molecular flexibility index (Phi) is 1.27. The fourth-order valence-electron chi connectivity index (χ4n) is 0.831. The molecule has 0 aliphatic heterocycles. The summed E-state index contributed by atoms with van der Waals surface area (Å²) >= 11 is 0. The van der Waals surface area contributed by atoms with Gasteiger partial charge in [0.2, 0.25) is 0 Å². The molecular formula is C4H9N3O2. The van der Waals surface area contributed by atoms with Gasteiger partial charge in [0, 0.05) is 0 Å². The highest BCUT2D eigenvalue weighted by molar-refractivity contribution is 5.25. The van der Waals surface area contributed by atoms with Gasteiger partial charge >= 0.3 is 0 Å². The molecule has 0 radical (unpaired) electrons. The van der Waals surface area contributed by atoms with E-state index in [0.29, 0.717) is 0 Å². The van der Waals surface area contributed by atoms with Gasteiger partial charge < -0.3 is 16.6 Å². The Hall–Kier alpha value is -0.520. The van der Waals surface area contributed by atoms with Crippen LogP contribution in [0.3, 0.4) is 0 Å². The first-order valence-electron chi connectivity index (χ1n) is 2.64. The van der Waals surface area contributed by atoms with Crippen LogP contribution in [0.4, 0.5) is 0 Å². The summed E-state index contributed by atoms with van der Waals surface area (Å²) < 4.78 is 0. The first kappa shape index (κ1) is 6.60. The molecule has 9 heavy (non-hydrogen) atoms. The number of nitrogens with two attached hydrogens (primary N) is 2. The van der Waals surface area contributed by atoms with Crippen LogP contribution < -0.4 is 11.5 Å². The van der Waals surface area contributed by atoms with E-state index in [9.17, 15) is 4.91 Å². The zero-order chi connectivity index (χ0) is 7.07. The van der Waals surface area contributed by atoms with Gasteiger partial charge in [0.1, 0.15) is 6.04 Å². The Morgan fingerprint density at radius 1 is 1.78 bits per heavy atom. The zero-order valence-corrected chi connectivity index (χ0v) is 4.82. The van der Waals surface area contributed by atoms with Crippen molar-refractivity contribution in [3.63, 3.8) is 0 Å². The van der Waals surface area contributed by atoms with Crippen molar-refractivity contribution in [3.8, 4) is 0 Å². The van der Waals surface area contributed by atoms with Crippen molar-refractivity contribution in [3.05, 3.63) is 4.91 Å². The zero-order valence-electron chi connectivity index (χ0n) is 4.82. The second-order valence-electron chi connectivity index (χ2n) is 2.35. The van der Waals surface area contributed by atoms with Crippen molar-refractivity contribution in [2.24, 2.45) is 16.6 Å². The van der Waals surface area contributed by atoms with E-state index >= 15 is 0 Å². The maximum absolute atomic E-state index is 9.83. The highest BCUT2D eigenvalue weighted by Gasteiger charge is 2.62. The Morgan fingerprint density at radius 2 is 2.33 bits per heavy atom. The van der Waals surface area contributed by atoms with E-state index in [4.69, 9.17) is 16.6 Å². The summed E-state index contributed by atoms with van der Waals surface area (Å²) in [5.74, 6) is 0. The smallest absolute Gasteiger partial charge is 0.131 e. The Morgan fingerprint density at radius 3 is 2.44 bits per heavy atom. The van der Waals surface area contributed by atoms with Crippen LogP contribution >= 0.6 is 0 Å². The van der Waals surface area contributed by atoms with E-state index in [1.54, 1.807) is 0 Å². The van der Waals surface area contributed by atoms with Gasteiger partial charge in [-0.05, 0) is 0 Å². The number of nitroso groups, excluding NO2 is 1. The van der Waals surface area contributed by atoms with Crippen LogP contribution in [-0.2, 0) is 0 Å². The number of hydrogen-bond donors (Lipinski definition) is 3. The minimum atomic E-state index is -0.929. The second kappa shape index (κ2) is 1.73. The molecule has 3 atom stereocenters. The number of rotatable bonds is 2. The quantitative estimate of drug-likeness (QED) is 0.383. The third-order valence-electron chi connectivity index (χ3n) is 1.79. The fourth-order valence-corrected chi connectivity index (χ4v) is 0.831. The van der Waals surface area contributed by atoms with Crippen molar-refractivity contribution >= 4 is 0 Å². The highest BCUT2D eigenvalue weighted by Crippen LogP contribution is 2.34. The van der Waals surface area contributed by atoms with Gasteiger partial charge in [-0.3, -0.25) is 0 Å². The molecule has 1 rings (SSSR count). The van der Waals surface area contributed by atoms with Crippen LogP contribution in [0.1, 0.15) is 0 Å². The molecule has 1 saturated carbocycles. The van der Waals surface area contributed by atoms with Crippen LogP contribution in [0, 0.1) is 4.91 Å². The lowest BCUT2D eigenvalue weighted by Crippen LogP contribution is -2.35. The molecule has 0 aromatic heterocycles. The van der Waals surface area contributed by atoms with E-state index in [0.717, 1.165) is 0 Å². The van der Waals surface area contributed by atoms with Gasteiger partial charge in [0.05, 0.1) is 18.2 Å². The third kappa shape index (κ3) is 0.658. The Bertz CT molecular complexity index is 140. The van der Waals surface area contributed by atoms with Gasteiger partial charge in [-0.2, -0.15) is 4.91 Å². The first-order chi connectivity index (χ1) is 4.16. The average Bonchev–Trinajstić information content (AvgIpc) is 2.38. The van der Waals surface area contributed by atoms with E-state index in [-0.39, 0.29) is 6.61 Å². The molecule has 0 aromatic rings. The SMILES string of the molecule is NC1C(N=O)C1(N)CO. The fraction of sp³-hybridized carbons (Fsp3) is 1.00. The minimum absolute atomic E-state index is 0.273. The number of aliphatic hydroxyl groups is 1. The van der Waals surface area contributed by atoms with Crippen molar-refractivity contribution in [2.45, 2.75) is 17.6 Å². The minimum Gasteiger partial charge on any atom is -0.394 e. The lowest BCUT2D eigenvalue weighted by Gasteiger charge is -2.00. The number of hydrogen-bond acceptors (Lipinski definition) is 5. The summed E-state index contributed by atoms with van der Waals surface area (Å²) in [4.78, 5) is 9.83. The number of aliphatic hydroxyl groups excluding tert-OH is 1. The normalized spacial score (nSPS) is 48.8. The Balaban J connectivity index is 2.57. The lowest BCUT2D eigenvalue weighted by molar-refractivity contribution is 0.250. The Labute approximate surface area is 52.0 Å². The molecule has 1 fully saturated rings. The maximum Gasteiger partial charge on any atom is 0.131 e. The largest absolute Gasteiger partial charge is 0.394 e. The summed E-state index contributed by atoms with van der Waals surface area (Å²) in [6, 6.07) is -1.05. The van der Waals surface area contributed by atoms with E-state index in [2.05, 4.69) is 5.18 Å². The molecule has 3 unspecified atom stereocenters. The van der Waals surface area contributed by atoms with Gasteiger partial charge in [-0.25, -0.2) is 0 Å². The molecule has 0 amide bonds. The van der Waals surface area contributed by atoms with E-state index in [1.807, 2.05) is 0 Å².